The van der Waals surface area contributed by atoms with E-state index in [1.165, 1.54) is 10.4 Å². The third kappa shape index (κ3) is 3.03. The van der Waals surface area contributed by atoms with Crippen LogP contribution in [0.1, 0.15) is 54.3 Å². The zero-order valence-corrected chi connectivity index (χ0v) is 19.1. The first-order chi connectivity index (χ1) is 14.2. The van der Waals surface area contributed by atoms with Crippen molar-refractivity contribution in [2.75, 3.05) is 5.32 Å². The van der Waals surface area contributed by atoms with Gasteiger partial charge in [0.2, 0.25) is 0 Å². The Labute approximate surface area is 185 Å². The summed E-state index contributed by atoms with van der Waals surface area (Å²) in [4.78, 5) is 14.6. The SMILES string of the molecule is Cc1ccsc1[C@H]1C2=C(CC(C)(C)CC2=O)Nc2c1c(C)nn2-c1cccc(Cl)c1. The van der Waals surface area contributed by atoms with Crippen LogP contribution in [0.2, 0.25) is 5.02 Å². The molecule has 2 aromatic heterocycles. The summed E-state index contributed by atoms with van der Waals surface area (Å²) in [5, 5.41) is 11.3. The number of nitrogens with one attached hydrogen (secondary N) is 1. The van der Waals surface area contributed by atoms with Gasteiger partial charge in [-0.2, -0.15) is 5.10 Å². The molecule has 0 unspecified atom stereocenters. The molecule has 2 aliphatic rings. The average Bonchev–Trinajstić information content (AvgIpc) is 3.22. The lowest BCUT2D eigenvalue weighted by Crippen LogP contribution is -2.34. The Morgan fingerprint density at radius 1 is 1.23 bits per heavy atom. The molecule has 3 aromatic rings. The smallest absolute Gasteiger partial charge is 0.162 e. The molecule has 0 saturated heterocycles. The lowest BCUT2D eigenvalue weighted by Gasteiger charge is -2.38. The predicted molar refractivity (Wildman–Crippen MR) is 123 cm³/mol. The lowest BCUT2D eigenvalue weighted by molar-refractivity contribution is -0.118. The van der Waals surface area contributed by atoms with Gasteiger partial charge in [-0.25, -0.2) is 4.68 Å². The molecule has 0 bridgehead atoms. The van der Waals surface area contributed by atoms with Crippen molar-refractivity contribution in [3.05, 3.63) is 73.7 Å². The summed E-state index contributed by atoms with van der Waals surface area (Å²) in [7, 11) is 0. The van der Waals surface area contributed by atoms with Crippen molar-refractivity contribution >= 4 is 34.5 Å². The van der Waals surface area contributed by atoms with Gasteiger partial charge in [0.05, 0.1) is 17.3 Å². The van der Waals surface area contributed by atoms with Gasteiger partial charge in [0, 0.05) is 33.2 Å². The number of allylic oxidation sites excluding steroid dienone is 2. The van der Waals surface area contributed by atoms with Crippen LogP contribution in [0.5, 0.6) is 0 Å². The van der Waals surface area contributed by atoms with E-state index < -0.39 is 0 Å². The van der Waals surface area contributed by atoms with Crippen LogP contribution in [0.3, 0.4) is 0 Å². The van der Waals surface area contributed by atoms with Crippen LogP contribution < -0.4 is 5.32 Å². The quantitative estimate of drug-likeness (QED) is 0.504. The largest absolute Gasteiger partial charge is 0.343 e. The van der Waals surface area contributed by atoms with E-state index in [4.69, 9.17) is 16.7 Å². The molecule has 1 aromatic carbocycles. The molecule has 5 rings (SSSR count). The standard InChI is InChI=1S/C24H24ClN3OS/c1-13-8-9-30-22(13)21-19-14(2)27-28(16-7-5-6-15(25)10-16)23(19)26-17-11-24(3,4)12-18(29)20(17)21/h5-10,21,26H,11-12H2,1-4H3/t21-/m1/s1. The highest BCUT2D eigenvalue weighted by Gasteiger charge is 2.43. The maximum Gasteiger partial charge on any atom is 0.162 e. The zero-order chi connectivity index (χ0) is 21.2. The fraction of sp³-hybridized carbons (Fsp3) is 0.333. The first-order valence-corrected chi connectivity index (χ1v) is 11.4. The predicted octanol–water partition coefficient (Wildman–Crippen LogP) is 6.40. The highest BCUT2D eigenvalue weighted by molar-refractivity contribution is 7.10. The minimum Gasteiger partial charge on any atom is -0.343 e. The van der Waals surface area contributed by atoms with Crippen molar-refractivity contribution < 1.29 is 4.79 Å². The van der Waals surface area contributed by atoms with Crippen molar-refractivity contribution in [1.82, 2.24) is 9.78 Å². The molecular weight excluding hydrogens is 414 g/mol. The summed E-state index contributed by atoms with van der Waals surface area (Å²) in [6, 6.07) is 9.85. The maximum absolute atomic E-state index is 13.4. The van der Waals surface area contributed by atoms with Crippen LogP contribution in [0.4, 0.5) is 5.82 Å². The lowest BCUT2D eigenvalue weighted by atomic mass is 9.70. The van der Waals surface area contributed by atoms with Gasteiger partial charge in [0.25, 0.3) is 0 Å². The summed E-state index contributed by atoms with van der Waals surface area (Å²) in [6.07, 6.45) is 1.42. The first-order valence-electron chi connectivity index (χ1n) is 10.2. The monoisotopic (exact) mass is 437 g/mol. The molecule has 0 amide bonds. The van der Waals surface area contributed by atoms with E-state index in [0.717, 1.165) is 40.5 Å². The van der Waals surface area contributed by atoms with E-state index in [-0.39, 0.29) is 17.1 Å². The number of thiophene rings is 1. The third-order valence-corrected chi connectivity index (χ3v) is 7.41. The Morgan fingerprint density at radius 2 is 2.03 bits per heavy atom. The summed E-state index contributed by atoms with van der Waals surface area (Å²) >= 11 is 7.99. The second-order valence-electron chi connectivity index (χ2n) is 9.10. The van der Waals surface area contributed by atoms with E-state index in [1.54, 1.807) is 11.3 Å². The van der Waals surface area contributed by atoms with Gasteiger partial charge >= 0.3 is 0 Å². The molecule has 4 nitrogen and oxygen atoms in total. The van der Waals surface area contributed by atoms with E-state index >= 15 is 0 Å². The van der Waals surface area contributed by atoms with E-state index in [9.17, 15) is 4.79 Å². The minimum atomic E-state index is -0.0761. The van der Waals surface area contributed by atoms with Crippen molar-refractivity contribution in [3.8, 4) is 5.69 Å². The van der Waals surface area contributed by atoms with E-state index in [0.29, 0.717) is 11.4 Å². The molecular formula is C24H24ClN3OS. The van der Waals surface area contributed by atoms with Crippen molar-refractivity contribution in [3.63, 3.8) is 0 Å². The van der Waals surface area contributed by atoms with Crippen molar-refractivity contribution in [1.29, 1.82) is 0 Å². The number of fused-ring (bicyclic) bond motifs is 1. The maximum atomic E-state index is 13.4. The summed E-state index contributed by atoms with van der Waals surface area (Å²) in [5.74, 6) is 1.11. The number of carbonyl (C=O) groups is 1. The number of hydrogen-bond donors (Lipinski definition) is 1. The second-order valence-corrected chi connectivity index (χ2v) is 10.5. The Balaban J connectivity index is 1.77. The number of hydrogen-bond acceptors (Lipinski definition) is 4. The highest BCUT2D eigenvalue weighted by atomic mass is 35.5. The topological polar surface area (TPSA) is 46.9 Å². The molecule has 1 aliphatic carbocycles. The van der Waals surface area contributed by atoms with Crippen molar-refractivity contribution in [2.24, 2.45) is 5.41 Å². The van der Waals surface area contributed by atoms with Crippen LogP contribution in [0.25, 0.3) is 5.69 Å². The van der Waals surface area contributed by atoms with E-state index in [2.05, 4.69) is 37.5 Å². The van der Waals surface area contributed by atoms with Gasteiger partial charge in [-0.3, -0.25) is 4.79 Å². The molecule has 154 valence electrons. The number of aromatic nitrogens is 2. The number of Topliss-reactive ketones (excluding diaryl/α,β-unsaturated/α-hetero) is 1. The zero-order valence-electron chi connectivity index (χ0n) is 17.5. The Kier molecular flexibility index (Phi) is 4.46. The summed E-state index contributed by atoms with van der Waals surface area (Å²) in [6.45, 7) is 8.48. The number of carbonyl (C=O) groups excluding carboxylic acids is 1. The van der Waals surface area contributed by atoms with Crippen LogP contribution in [0.15, 0.2) is 47.0 Å². The number of anilines is 1. The van der Waals surface area contributed by atoms with Crippen LogP contribution in [-0.2, 0) is 4.79 Å². The Hall–Kier alpha value is -2.37. The molecule has 0 saturated carbocycles. The van der Waals surface area contributed by atoms with Crippen LogP contribution in [-0.4, -0.2) is 15.6 Å². The van der Waals surface area contributed by atoms with Crippen molar-refractivity contribution in [2.45, 2.75) is 46.5 Å². The van der Waals surface area contributed by atoms with Gasteiger partial charge < -0.3 is 5.32 Å². The Bertz CT molecular complexity index is 1220. The molecule has 1 atom stereocenters. The highest BCUT2D eigenvalue weighted by Crippen LogP contribution is 2.51. The van der Waals surface area contributed by atoms with Gasteiger partial charge in [0.1, 0.15) is 5.82 Å². The van der Waals surface area contributed by atoms with Gasteiger partial charge in [0.15, 0.2) is 5.78 Å². The molecule has 1 N–H and O–H groups in total. The Morgan fingerprint density at radius 3 is 2.73 bits per heavy atom. The summed E-state index contributed by atoms with van der Waals surface area (Å²) < 4.78 is 1.93. The average molecular weight is 438 g/mol. The number of benzene rings is 1. The fourth-order valence-electron chi connectivity index (χ4n) is 4.81. The molecule has 1 aliphatic heterocycles. The molecule has 3 heterocycles. The van der Waals surface area contributed by atoms with Crippen LogP contribution in [0, 0.1) is 19.3 Å². The fourth-order valence-corrected chi connectivity index (χ4v) is 6.04. The molecule has 0 fully saturated rings. The van der Waals surface area contributed by atoms with Gasteiger partial charge in [-0.15, -0.1) is 11.3 Å². The normalized spacial score (nSPS) is 20.0. The molecule has 6 heteroatoms. The molecule has 0 radical (unpaired) electrons. The second kappa shape index (κ2) is 6.82. The number of rotatable bonds is 2. The van der Waals surface area contributed by atoms with Crippen LogP contribution >= 0.6 is 22.9 Å². The van der Waals surface area contributed by atoms with Gasteiger partial charge in [-0.05, 0) is 60.9 Å². The van der Waals surface area contributed by atoms with E-state index in [1.807, 2.05) is 35.9 Å². The first kappa shape index (κ1) is 19.6. The minimum absolute atomic E-state index is 0.0641. The van der Waals surface area contributed by atoms with Gasteiger partial charge in [-0.1, -0.05) is 31.5 Å². The summed E-state index contributed by atoms with van der Waals surface area (Å²) in [5.41, 5.74) is 6.03. The number of aryl methyl sites for hydroxylation is 2. The number of ketones is 1. The number of nitrogens with zero attached hydrogens (tertiary/aromatic N) is 2. The molecule has 30 heavy (non-hydrogen) atoms. The molecule has 0 spiro atoms. The third-order valence-electron chi connectivity index (χ3n) is 6.09. The number of halogens is 1.